The van der Waals surface area contributed by atoms with Gasteiger partial charge in [0.1, 0.15) is 5.60 Å². The van der Waals surface area contributed by atoms with Gasteiger partial charge in [0.15, 0.2) is 0 Å². The topological polar surface area (TPSA) is 144 Å². The van der Waals surface area contributed by atoms with E-state index in [0.717, 1.165) is 27.5 Å². The monoisotopic (exact) mass is 866 g/mol. The number of carbonyl (C=O) groups excluding carboxylic acids is 3. The number of sulfonamides is 1. The highest BCUT2D eigenvalue weighted by Gasteiger charge is 2.24. The van der Waals surface area contributed by atoms with Crippen LogP contribution in [0.5, 0.6) is 0 Å². The van der Waals surface area contributed by atoms with Crippen molar-refractivity contribution in [3.8, 4) is 24.7 Å². The smallest absolute Gasteiger partial charge is 0.412 e. The van der Waals surface area contributed by atoms with Crippen LogP contribution in [0.1, 0.15) is 47.5 Å². The van der Waals surface area contributed by atoms with Gasteiger partial charge >= 0.3 is 18.0 Å². The van der Waals surface area contributed by atoms with Crippen LogP contribution in [0.3, 0.4) is 0 Å². The Balaban J connectivity index is 0.000000270. The molecule has 0 fully saturated rings. The third-order valence-electron chi connectivity index (χ3n) is 9.39. The molecule has 0 spiro atoms. The Morgan fingerprint density at radius 1 is 0.689 bits per heavy atom. The minimum absolute atomic E-state index is 0.107. The van der Waals surface area contributed by atoms with Crippen LogP contribution >= 0.6 is 11.6 Å². The Kier molecular flexibility index (Phi) is 16.4. The molecule has 2 N–H and O–H groups in total. The van der Waals surface area contributed by atoms with E-state index in [-0.39, 0.29) is 48.3 Å². The van der Waals surface area contributed by atoms with Crippen LogP contribution in [0.25, 0.3) is 21.5 Å². The second kappa shape index (κ2) is 21.2. The van der Waals surface area contributed by atoms with Gasteiger partial charge in [-0.2, -0.15) is 0 Å². The Morgan fingerprint density at radius 3 is 1.54 bits per heavy atom. The van der Waals surface area contributed by atoms with E-state index in [2.05, 4.69) is 21.9 Å². The van der Waals surface area contributed by atoms with Crippen molar-refractivity contribution in [2.24, 2.45) is 0 Å². The number of terminal acetylenes is 2. The largest absolute Gasteiger partial charge is 0.469 e. The summed E-state index contributed by atoms with van der Waals surface area (Å²) >= 11 is 5.88. The molecule has 320 valence electrons. The number of hydrogen-bond donors (Lipinski definition) is 2. The molecule has 0 aliphatic heterocycles. The lowest BCUT2D eigenvalue weighted by Crippen LogP contribution is -2.35. The normalized spacial score (nSPS) is 12.0. The van der Waals surface area contributed by atoms with E-state index >= 15 is 0 Å². The average molecular weight is 867 g/mol. The zero-order valence-electron chi connectivity index (χ0n) is 35.3. The summed E-state index contributed by atoms with van der Waals surface area (Å²) in [5, 5.41) is 6.53. The van der Waals surface area contributed by atoms with Crippen LogP contribution in [0.4, 0.5) is 27.5 Å². The molecule has 5 aromatic carbocycles. The first-order valence-corrected chi connectivity index (χ1v) is 21.1. The fraction of sp³-hybridized carbons (Fsp3) is 0.298. The predicted molar refractivity (Wildman–Crippen MR) is 245 cm³/mol. The second-order valence-electron chi connectivity index (χ2n) is 15.0. The maximum atomic E-state index is 12.9. The van der Waals surface area contributed by atoms with Gasteiger partial charge in [-0.25, -0.2) is 13.2 Å². The molecule has 0 radical (unpaired) electrons. The molecule has 0 aromatic heterocycles. The number of nitrogens with one attached hydrogen (secondary N) is 2. The average Bonchev–Trinajstić information content (AvgIpc) is 3.22. The first-order chi connectivity index (χ1) is 28.9. The highest BCUT2D eigenvalue weighted by molar-refractivity contribution is 7.92. The van der Waals surface area contributed by atoms with Crippen LogP contribution in [0.15, 0.2) is 102 Å². The number of nitrogens with zero attached hydrogens (tertiary/aromatic N) is 2. The molecular formula is C47H51ClN4O8S. The maximum absolute atomic E-state index is 12.9. The van der Waals surface area contributed by atoms with E-state index in [1.54, 1.807) is 12.1 Å². The number of fused-ring (bicyclic) bond motifs is 2. The van der Waals surface area contributed by atoms with Gasteiger partial charge in [-0.3, -0.25) is 19.6 Å². The van der Waals surface area contributed by atoms with E-state index in [0.29, 0.717) is 28.3 Å². The Bertz CT molecular complexity index is 2540. The predicted octanol–water partition coefficient (Wildman–Crippen LogP) is 9.26. The van der Waals surface area contributed by atoms with Crippen LogP contribution in [-0.2, 0) is 33.8 Å². The van der Waals surface area contributed by atoms with Crippen molar-refractivity contribution in [3.63, 3.8) is 0 Å². The minimum Gasteiger partial charge on any atom is -0.469 e. The number of ether oxygens (including phenoxy) is 3. The Hall–Kier alpha value is -6.41. The van der Waals surface area contributed by atoms with Gasteiger partial charge in [0.05, 0.1) is 56.4 Å². The number of carbonyl (C=O) groups is 3. The van der Waals surface area contributed by atoms with Gasteiger partial charge in [0.25, 0.3) is 10.0 Å². The molecule has 1 amide bonds. The third kappa shape index (κ3) is 12.8. The fourth-order valence-electron chi connectivity index (χ4n) is 6.52. The first kappa shape index (κ1) is 47.3. The van der Waals surface area contributed by atoms with Gasteiger partial charge in [-0.15, -0.1) is 12.8 Å². The van der Waals surface area contributed by atoms with Crippen molar-refractivity contribution >= 4 is 84.0 Å². The number of anilines is 4. The lowest BCUT2D eigenvalue weighted by Gasteiger charge is -2.30. The quantitative estimate of drug-likeness (QED) is 0.0630. The van der Waals surface area contributed by atoms with E-state index in [9.17, 15) is 22.8 Å². The van der Waals surface area contributed by atoms with Crippen molar-refractivity contribution < 1.29 is 37.0 Å². The van der Waals surface area contributed by atoms with Gasteiger partial charge in [0.2, 0.25) is 0 Å². The van der Waals surface area contributed by atoms with E-state index < -0.39 is 21.7 Å². The molecular weight excluding hydrogens is 816 g/mol. The molecule has 12 nitrogen and oxygen atoms in total. The molecule has 0 saturated heterocycles. The highest BCUT2D eigenvalue weighted by atomic mass is 35.5. The summed E-state index contributed by atoms with van der Waals surface area (Å²) in [5.41, 5.74) is 2.15. The van der Waals surface area contributed by atoms with Crippen molar-refractivity contribution in [1.29, 1.82) is 0 Å². The van der Waals surface area contributed by atoms with Gasteiger partial charge < -0.3 is 24.0 Å². The summed E-state index contributed by atoms with van der Waals surface area (Å²) in [7, 11) is -1.10. The lowest BCUT2D eigenvalue weighted by atomic mass is 10.0. The molecule has 14 heteroatoms. The molecule has 61 heavy (non-hydrogen) atoms. The molecule has 0 saturated carbocycles. The lowest BCUT2D eigenvalue weighted by molar-refractivity contribution is -0.141. The molecule has 5 rings (SSSR count). The molecule has 0 aliphatic carbocycles. The van der Waals surface area contributed by atoms with E-state index in [4.69, 9.17) is 38.7 Å². The standard InChI is InChI=1S/C24H23ClN2O4S.C23H28N2O4/c1-4-15-27(17(2)16-24(28)31-3)23-14-13-22(20-7-5-6-8-21(20)23)26-32(29,30)19-11-9-18(25)10-12-19;1-7-14-25(16(2)15-21(26)28-6)20-13-12-19(17-10-8-9-11-18(17)20)24-22(27)29-23(3,4)5/h1,5-14,17,26H,15-16H2,2-3H3;1,8-13,16H,14-15H2,2-6H3,(H,24,27)/t17-;16-/m00/s1. The molecule has 0 aliphatic rings. The number of benzene rings is 5. The highest BCUT2D eigenvalue weighted by Crippen LogP contribution is 2.36. The molecule has 0 bridgehead atoms. The van der Waals surface area contributed by atoms with Crippen LogP contribution < -0.4 is 19.8 Å². The van der Waals surface area contributed by atoms with Crippen molar-refractivity contribution in [3.05, 3.63) is 102 Å². The van der Waals surface area contributed by atoms with Crippen molar-refractivity contribution in [1.82, 2.24) is 0 Å². The van der Waals surface area contributed by atoms with Gasteiger partial charge in [0, 0.05) is 50.0 Å². The second-order valence-corrected chi connectivity index (χ2v) is 17.1. The minimum atomic E-state index is -3.82. The molecule has 0 unspecified atom stereocenters. The maximum Gasteiger partial charge on any atom is 0.412 e. The van der Waals surface area contributed by atoms with Gasteiger partial charge in [-0.1, -0.05) is 72.0 Å². The summed E-state index contributed by atoms with van der Waals surface area (Å²) in [6.45, 7) is 9.87. The number of amides is 1. The number of hydrogen-bond acceptors (Lipinski definition) is 10. The van der Waals surface area contributed by atoms with Crippen LogP contribution in [0, 0.1) is 24.7 Å². The van der Waals surface area contributed by atoms with Crippen molar-refractivity contribution in [2.75, 3.05) is 47.1 Å². The molecule has 0 heterocycles. The summed E-state index contributed by atoms with van der Waals surface area (Å²) in [4.78, 5) is 39.8. The number of esters is 2. The van der Waals surface area contributed by atoms with E-state index in [1.807, 2.05) is 105 Å². The zero-order valence-corrected chi connectivity index (χ0v) is 36.9. The van der Waals surface area contributed by atoms with Gasteiger partial charge in [-0.05, 0) is 83.1 Å². The Morgan fingerprint density at radius 2 is 1.11 bits per heavy atom. The number of halogens is 1. The van der Waals surface area contributed by atoms with Crippen LogP contribution in [-0.4, -0.2) is 71.4 Å². The number of methoxy groups -OCH3 is 2. The molecule has 2 atom stereocenters. The van der Waals surface area contributed by atoms with Crippen molar-refractivity contribution in [2.45, 2.75) is 70.0 Å². The van der Waals surface area contributed by atoms with Crippen LogP contribution in [0.2, 0.25) is 5.02 Å². The summed E-state index contributed by atoms with van der Waals surface area (Å²) in [5.74, 6) is 4.66. The first-order valence-electron chi connectivity index (χ1n) is 19.3. The summed E-state index contributed by atoms with van der Waals surface area (Å²) < 4.78 is 43.4. The molecule has 5 aromatic rings. The summed E-state index contributed by atoms with van der Waals surface area (Å²) in [6.07, 6.45) is 11.0. The van der Waals surface area contributed by atoms with E-state index in [1.165, 1.54) is 38.5 Å². The summed E-state index contributed by atoms with van der Waals surface area (Å²) in [6, 6.07) is 27.9. The number of rotatable bonds is 14. The third-order valence-corrected chi connectivity index (χ3v) is 11.0. The fourth-order valence-corrected chi connectivity index (χ4v) is 7.73. The zero-order chi connectivity index (χ0) is 44.9. The Labute approximate surface area is 363 Å². The SMILES string of the molecule is C#CCN(c1ccc(NC(=O)OC(C)(C)C)c2ccccc12)[C@@H](C)CC(=O)OC.C#CCN(c1ccc(NS(=O)(=O)c2ccc(Cl)cc2)c2ccccc12)[C@@H](C)CC(=O)OC.